The molecule has 2 heterocycles. The van der Waals surface area contributed by atoms with Gasteiger partial charge in [0, 0.05) is 19.6 Å². The second-order valence-corrected chi connectivity index (χ2v) is 5.45. The molecule has 1 aliphatic heterocycles. The second-order valence-electron chi connectivity index (χ2n) is 5.45. The summed E-state index contributed by atoms with van der Waals surface area (Å²) in [5, 5.41) is 0. The Hall–Kier alpha value is -1.56. The molecule has 1 saturated heterocycles. The minimum Gasteiger partial charge on any atom is -0.448 e. The maximum atomic E-state index is 11.7. The summed E-state index contributed by atoms with van der Waals surface area (Å²) in [6.07, 6.45) is 1.11. The number of amides is 1. The Bertz CT molecular complexity index is 430. The SMILES string of the molecule is CC(C)(C)OC(=O)N1CC(c2ocnc2CN)C1. The van der Waals surface area contributed by atoms with E-state index in [0.717, 1.165) is 11.5 Å². The minimum absolute atomic E-state index is 0.179. The van der Waals surface area contributed by atoms with Crippen molar-refractivity contribution in [1.29, 1.82) is 0 Å². The van der Waals surface area contributed by atoms with Crippen LogP contribution in [0, 0.1) is 0 Å². The van der Waals surface area contributed by atoms with E-state index in [0.29, 0.717) is 19.6 Å². The second kappa shape index (κ2) is 4.61. The van der Waals surface area contributed by atoms with Gasteiger partial charge in [-0.05, 0) is 20.8 Å². The molecule has 0 aromatic carbocycles. The van der Waals surface area contributed by atoms with E-state index in [2.05, 4.69) is 4.98 Å². The van der Waals surface area contributed by atoms with E-state index in [1.165, 1.54) is 6.39 Å². The van der Waals surface area contributed by atoms with Crippen molar-refractivity contribution in [1.82, 2.24) is 9.88 Å². The molecule has 2 rings (SSSR count). The van der Waals surface area contributed by atoms with E-state index < -0.39 is 5.60 Å². The highest BCUT2D eigenvalue weighted by Gasteiger charge is 2.37. The number of oxazole rings is 1. The van der Waals surface area contributed by atoms with Crippen molar-refractivity contribution in [2.75, 3.05) is 13.1 Å². The van der Waals surface area contributed by atoms with E-state index >= 15 is 0 Å². The molecule has 1 aliphatic rings. The van der Waals surface area contributed by atoms with Crippen LogP contribution in [-0.2, 0) is 11.3 Å². The van der Waals surface area contributed by atoms with Crippen molar-refractivity contribution >= 4 is 6.09 Å². The van der Waals surface area contributed by atoms with Crippen LogP contribution < -0.4 is 5.73 Å². The molecule has 1 aromatic heterocycles. The van der Waals surface area contributed by atoms with Crippen LogP contribution in [0.5, 0.6) is 0 Å². The van der Waals surface area contributed by atoms with Crippen LogP contribution in [0.15, 0.2) is 10.8 Å². The molecule has 1 fully saturated rings. The largest absolute Gasteiger partial charge is 0.448 e. The van der Waals surface area contributed by atoms with E-state index in [1.54, 1.807) is 4.90 Å². The van der Waals surface area contributed by atoms with Crippen molar-refractivity contribution in [3.63, 3.8) is 0 Å². The fourth-order valence-electron chi connectivity index (χ4n) is 1.88. The number of rotatable bonds is 2. The number of nitrogens with zero attached hydrogens (tertiary/aromatic N) is 2. The van der Waals surface area contributed by atoms with Crippen molar-refractivity contribution < 1.29 is 13.9 Å². The van der Waals surface area contributed by atoms with Crippen LogP contribution in [0.2, 0.25) is 0 Å². The maximum Gasteiger partial charge on any atom is 0.410 e. The molecule has 0 unspecified atom stereocenters. The Balaban J connectivity index is 1.89. The fraction of sp³-hybridized carbons (Fsp3) is 0.667. The lowest BCUT2D eigenvalue weighted by Gasteiger charge is -2.38. The van der Waals surface area contributed by atoms with Gasteiger partial charge in [0.05, 0.1) is 11.6 Å². The quantitative estimate of drug-likeness (QED) is 0.863. The number of nitrogens with two attached hydrogens (primary N) is 1. The van der Waals surface area contributed by atoms with Gasteiger partial charge in [-0.2, -0.15) is 0 Å². The third-order valence-electron chi connectivity index (χ3n) is 2.77. The highest BCUT2D eigenvalue weighted by molar-refractivity contribution is 5.69. The molecule has 0 radical (unpaired) electrons. The Morgan fingerprint density at radius 2 is 2.28 bits per heavy atom. The third kappa shape index (κ3) is 2.64. The topological polar surface area (TPSA) is 81.6 Å². The Kier molecular flexibility index (Phi) is 3.30. The van der Waals surface area contributed by atoms with Gasteiger partial charge in [0.1, 0.15) is 11.4 Å². The van der Waals surface area contributed by atoms with Crippen LogP contribution in [0.25, 0.3) is 0 Å². The lowest BCUT2D eigenvalue weighted by atomic mass is 9.96. The summed E-state index contributed by atoms with van der Waals surface area (Å²) in [4.78, 5) is 17.4. The van der Waals surface area contributed by atoms with E-state index in [9.17, 15) is 4.79 Å². The molecule has 0 atom stereocenters. The number of carbonyl (C=O) groups excluding carboxylic acids is 1. The molecule has 0 aliphatic carbocycles. The van der Waals surface area contributed by atoms with Crippen LogP contribution in [0.4, 0.5) is 4.79 Å². The number of aromatic nitrogens is 1. The number of hydrogen-bond donors (Lipinski definition) is 1. The minimum atomic E-state index is -0.461. The molecular formula is C12H19N3O3. The van der Waals surface area contributed by atoms with Crippen LogP contribution in [0.3, 0.4) is 0 Å². The number of hydrogen-bond acceptors (Lipinski definition) is 5. The molecule has 1 amide bonds. The fourth-order valence-corrected chi connectivity index (χ4v) is 1.88. The van der Waals surface area contributed by atoms with Gasteiger partial charge in [0.25, 0.3) is 0 Å². The van der Waals surface area contributed by atoms with Crippen LogP contribution in [-0.4, -0.2) is 34.7 Å². The summed E-state index contributed by atoms with van der Waals surface area (Å²) in [6.45, 7) is 7.10. The lowest BCUT2D eigenvalue weighted by molar-refractivity contribution is 0.00643. The van der Waals surface area contributed by atoms with Gasteiger partial charge in [-0.1, -0.05) is 0 Å². The molecule has 1 aromatic rings. The maximum absolute atomic E-state index is 11.7. The van der Waals surface area contributed by atoms with Gasteiger partial charge < -0.3 is 19.8 Å². The number of ether oxygens (including phenoxy) is 1. The standard InChI is InChI=1S/C12H19N3O3/c1-12(2,3)18-11(16)15-5-8(6-15)10-9(4-13)14-7-17-10/h7-8H,4-6,13H2,1-3H3. The van der Waals surface area contributed by atoms with Crippen LogP contribution in [0.1, 0.15) is 38.1 Å². The summed E-state index contributed by atoms with van der Waals surface area (Å²) < 4.78 is 10.6. The normalized spacial score (nSPS) is 16.6. The van der Waals surface area contributed by atoms with Gasteiger partial charge in [0.15, 0.2) is 6.39 Å². The van der Waals surface area contributed by atoms with Gasteiger partial charge in [0.2, 0.25) is 0 Å². The number of likely N-dealkylation sites (tertiary alicyclic amines) is 1. The van der Waals surface area contributed by atoms with Crippen molar-refractivity contribution in [3.05, 3.63) is 17.8 Å². The molecule has 0 spiro atoms. The highest BCUT2D eigenvalue weighted by Crippen LogP contribution is 2.30. The zero-order valence-corrected chi connectivity index (χ0v) is 11.0. The summed E-state index contributed by atoms with van der Waals surface area (Å²) in [5.41, 5.74) is 5.87. The monoisotopic (exact) mass is 253 g/mol. The first-order valence-electron chi connectivity index (χ1n) is 6.01. The van der Waals surface area contributed by atoms with Gasteiger partial charge in [-0.3, -0.25) is 0 Å². The van der Waals surface area contributed by atoms with E-state index in [-0.39, 0.29) is 12.0 Å². The summed E-state index contributed by atoms with van der Waals surface area (Å²) in [7, 11) is 0. The van der Waals surface area contributed by atoms with Crippen molar-refractivity contribution in [3.8, 4) is 0 Å². The summed E-state index contributed by atoms with van der Waals surface area (Å²) >= 11 is 0. The average molecular weight is 253 g/mol. The lowest BCUT2D eigenvalue weighted by Crippen LogP contribution is -2.50. The first-order valence-corrected chi connectivity index (χ1v) is 6.01. The Morgan fingerprint density at radius 3 is 2.83 bits per heavy atom. The predicted octanol–water partition coefficient (Wildman–Crippen LogP) is 1.47. The molecule has 0 saturated carbocycles. The van der Waals surface area contributed by atoms with E-state index in [4.69, 9.17) is 14.9 Å². The smallest absolute Gasteiger partial charge is 0.410 e. The molecule has 6 nitrogen and oxygen atoms in total. The van der Waals surface area contributed by atoms with Gasteiger partial charge in [-0.25, -0.2) is 9.78 Å². The average Bonchev–Trinajstić information content (AvgIpc) is 2.60. The molecule has 100 valence electrons. The van der Waals surface area contributed by atoms with Crippen molar-refractivity contribution in [2.24, 2.45) is 5.73 Å². The molecule has 0 bridgehead atoms. The highest BCUT2D eigenvalue weighted by atomic mass is 16.6. The van der Waals surface area contributed by atoms with E-state index in [1.807, 2.05) is 20.8 Å². The first-order chi connectivity index (χ1) is 8.40. The zero-order valence-electron chi connectivity index (χ0n) is 11.0. The first kappa shape index (κ1) is 12.9. The molecule has 2 N–H and O–H groups in total. The predicted molar refractivity (Wildman–Crippen MR) is 64.9 cm³/mol. The summed E-state index contributed by atoms with van der Waals surface area (Å²) in [5.74, 6) is 0.968. The Labute approximate surface area is 106 Å². The third-order valence-corrected chi connectivity index (χ3v) is 2.77. The number of carbonyl (C=O) groups is 1. The van der Waals surface area contributed by atoms with Crippen LogP contribution >= 0.6 is 0 Å². The molecule has 18 heavy (non-hydrogen) atoms. The van der Waals surface area contributed by atoms with Gasteiger partial charge >= 0.3 is 6.09 Å². The van der Waals surface area contributed by atoms with Gasteiger partial charge in [-0.15, -0.1) is 0 Å². The molecular weight excluding hydrogens is 234 g/mol. The molecule has 6 heteroatoms. The Morgan fingerprint density at radius 1 is 1.61 bits per heavy atom. The van der Waals surface area contributed by atoms with Crippen molar-refractivity contribution in [2.45, 2.75) is 38.8 Å². The summed E-state index contributed by atoms with van der Waals surface area (Å²) in [6, 6.07) is 0. The zero-order chi connectivity index (χ0) is 13.3.